The summed E-state index contributed by atoms with van der Waals surface area (Å²) < 4.78 is 56.2. The number of imidazole rings is 1. The molecule has 254 valence electrons. The van der Waals surface area contributed by atoms with Gasteiger partial charge in [-0.3, -0.25) is 14.6 Å². The minimum absolute atomic E-state index is 0.0352. The predicted octanol–water partition coefficient (Wildman–Crippen LogP) is 4.39. The highest BCUT2D eigenvalue weighted by Gasteiger charge is 2.44. The lowest BCUT2D eigenvalue weighted by atomic mass is 9.81. The van der Waals surface area contributed by atoms with E-state index >= 15 is 0 Å². The van der Waals surface area contributed by atoms with Crippen LogP contribution in [0.1, 0.15) is 40.0 Å². The lowest BCUT2D eigenvalue weighted by Crippen LogP contribution is -2.67. The fraction of sp³-hybridized carbons (Fsp3) is 0.412. The highest BCUT2D eigenvalue weighted by Crippen LogP contribution is 2.38. The van der Waals surface area contributed by atoms with E-state index in [0.29, 0.717) is 38.4 Å². The van der Waals surface area contributed by atoms with E-state index in [-0.39, 0.29) is 60.4 Å². The average Bonchev–Trinajstić information content (AvgIpc) is 3.64. The number of aromatic amines is 1. The Kier molecular flexibility index (Phi) is 10.1. The Bertz CT molecular complexity index is 1600. The van der Waals surface area contributed by atoms with Crippen LogP contribution in [0, 0.1) is 0 Å². The number of methoxy groups -OCH3 is 1. The number of piperazine rings is 2. The molecule has 0 radical (unpaired) electrons. The molecule has 6 rings (SSSR count). The van der Waals surface area contributed by atoms with E-state index in [0.717, 1.165) is 11.1 Å². The number of halogens is 3. The zero-order valence-electron chi connectivity index (χ0n) is 26.8. The fourth-order valence-electron chi connectivity index (χ4n) is 6.74. The molecule has 0 spiro atoms. The van der Waals surface area contributed by atoms with Crippen molar-refractivity contribution in [2.24, 2.45) is 0 Å². The van der Waals surface area contributed by atoms with E-state index in [9.17, 15) is 18.0 Å². The lowest BCUT2D eigenvalue weighted by Gasteiger charge is -2.53. The molecule has 0 unspecified atom stereocenters. The Morgan fingerprint density at radius 2 is 1.65 bits per heavy atom. The van der Waals surface area contributed by atoms with E-state index in [2.05, 4.69) is 54.0 Å². The number of hydrogen-bond donors (Lipinski definition) is 1. The average molecular weight is 666 g/mol. The maximum Gasteiger partial charge on any atom is 0.422 e. The Labute approximate surface area is 276 Å². The summed E-state index contributed by atoms with van der Waals surface area (Å²) in [6.45, 7) is 3.28. The summed E-state index contributed by atoms with van der Waals surface area (Å²) >= 11 is 0. The van der Waals surface area contributed by atoms with Gasteiger partial charge < -0.3 is 24.1 Å². The van der Waals surface area contributed by atoms with Crippen molar-refractivity contribution in [2.75, 3.05) is 53.0 Å². The standard InChI is InChI=1S/C34H38F3N7O4/c1-3-47-33-40-30(46-2)26(31(41-33)48-21-34(35,36)37)19-42-17-25-18-43(32(45)27-16-38-22-39-27)14-15-44(25)28(20-42)29(23-10-6-4-7-11-23)24-12-8-5-9-13-24/h4-13,16,22,25,28-29H,3,14-15,17-21H2,1-2H3,(H,38,39)/t25-,28+/m1/s1. The van der Waals surface area contributed by atoms with Crippen LogP contribution in [0.15, 0.2) is 73.2 Å². The highest BCUT2D eigenvalue weighted by atomic mass is 19.4. The Morgan fingerprint density at radius 3 is 2.25 bits per heavy atom. The minimum atomic E-state index is -4.58. The monoisotopic (exact) mass is 665 g/mol. The van der Waals surface area contributed by atoms with Crippen LogP contribution in [0.4, 0.5) is 13.2 Å². The third-order valence-electron chi connectivity index (χ3n) is 8.72. The van der Waals surface area contributed by atoms with Gasteiger partial charge in [-0.15, -0.1) is 0 Å². The van der Waals surface area contributed by atoms with E-state index < -0.39 is 12.8 Å². The molecule has 0 aliphatic carbocycles. The number of alkyl halides is 3. The van der Waals surface area contributed by atoms with Gasteiger partial charge >= 0.3 is 12.2 Å². The molecule has 2 aliphatic rings. The third kappa shape index (κ3) is 7.55. The molecular weight excluding hydrogens is 627 g/mol. The molecule has 4 aromatic rings. The fourth-order valence-corrected chi connectivity index (χ4v) is 6.74. The molecule has 2 aliphatic heterocycles. The molecule has 4 heterocycles. The van der Waals surface area contributed by atoms with Gasteiger partial charge in [0.15, 0.2) is 6.61 Å². The topological polar surface area (TPSA) is 109 Å². The highest BCUT2D eigenvalue weighted by molar-refractivity contribution is 5.92. The second-order valence-electron chi connectivity index (χ2n) is 11.8. The number of nitrogens with zero attached hydrogens (tertiary/aromatic N) is 6. The number of carbonyl (C=O) groups is 1. The van der Waals surface area contributed by atoms with Crippen LogP contribution in [-0.4, -0.2) is 112 Å². The van der Waals surface area contributed by atoms with Gasteiger partial charge in [0, 0.05) is 57.3 Å². The smallest absolute Gasteiger partial charge is 0.422 e. The van der Waals surface area contributed by atoms with Gasteiger partial charge in [-0.2, -0.15) is 23.1 Å². The van der Waals surface area contributed by atoms with Crippen LogP contribution in [0.5, 0.6) is 17.8 Å². The van der Waals surface area contributed by atoms with Gasteiger partial charge in [0.2, 0.25) is 11.8 Å². The summed E-state index contributed by atoms with van der Waals surface area (Å²) in [7, 11) is 1.40. The van der Waals surface area contributed by atoms with Crippen LogP contribution in [0.3, 0.4) is 0 Å². The van der Waals surface area contributed by atoms with E-state index in [4.69, 9.17) is 14.2 Å². The summed E-state index contributed by atoms with van der Waals surface area (Å²) in [4.78, 5) is 35.3. The van der Waals surface area contributed by atoms with Crippen molar-refractivity contribution in [3.05, 3.63) is 95.6 Å². The Balaban J connectivity index is 1.38. The summed E-state index contributed by atoms with van der Waals surface area (Å²) in [6, 6.07) is 20.3. The zero-order chi connectivity index (χ0) is 33.7. The van der Waals surface area contributed by atoms with Crippen LogP contribution < -0.4 is 14.2 Å². The van der Waals surface area contributed by atoms with Crippen molar-refractivity contribution in [3.8, 4) is 17.8 Å². The first-order valence-corrected chi connectivity index (χ1v) is 15.9. The van der Waals surface area contributed by atoms with Crippen LogP contribution >= 0.6 is 0 Å². The first-order valence-electron chi connectivity index (χ1n) is 15.9. The largest absolute Gasteiger partial charge is 0.481 e. The second kappa shape index (κ2) is 14.6. The minimum Gasteiger partial charge on any atom is -0.481 e. The van der Waals surface area contributed by atoms with Crippen molar-refractivity contribution in [1.82, 2.24) is 34.6 Å². The normalized spacial score (nSPS) is 18.8. The van der Waals surface area contributed by atoms with Gasteiger partial charge in [-0.1, -0.05) is 60.7 Å². The quantitative estimate of drug-likeness (QED) is 0.250. The maximum atomic E-state index is 13.4. The van der Waals surface area contributed by atoms with Crippen molar-refractivity contribution in [3.63, 3.8) is 0 Å². The van der Waals surface area contributed by atoms with E-state index in [1.165, 1.54) is 19.6 Å². The molecule has 14 heteroatoms. The number of ether oxygens (including phenoxy) is 3. The summed E-state index contributed by atoms with van der Waals surface area (Å²) in [6.07, 6.45) is -1.58. The number of aromatic nitrogens is 4. The molecule has 0 bridgehead atoms. The van der Waals surface area contributed by atoms with Crippen LogP contribution in [0.25, 0.3) is 0 Å². The maximum absolute atomic E-state index is 13.4. The second-order valence-corrected chi connectivity index (χ2v) is 11.8. The van der Waals surface area contributed by atoms with Crippen LogP contribution in [0.2, 0.25) is 0 Å². The summed E-state index contributed by atoms with van der Waals surface area (Å²) in [5, 5.41) is 0. The number of nitrogens with one attached hydrogen (secondary N) is 1. The van der Waals surface area contributed by atoms with Gasteiger partial charge in [-0.25, -0.2) is 4.98 Å². The van der Waals surface area contributed by atoms with Crippen molar-refractivity contribution in [1.29, 1.82) is 0 Å². The summed E-state index contributed by atoms with van der Waals surface area (Å²) in [5.74, 6) is -0.337. The predicted molar refractivity (Wildman–Crippen MR) is 170 cm³/mol. The molecule has 2 aromatic carbocycles. The van der Waals surface area contributed by atoms with Crippen LogP contribution in [-0.2, 0) is 6.54 Å². The first-order chi connectivity index (χ1) is 23.2. The van der Waals surface area contributed by atoms with Crippen molar-refractivity contribution >= 4 is 5.91 Å². The number of rotatable bonds is 11. The Hall–Kier alpha value is -4.69. The van der Waals surface area contributed by atoms with Gasteiger partial charge in [0.05, 0.1) is 31.8 Å². The number of benzene rings is 2. The number of amides is 1. The zero-order valence-corrected chi connectivity index (χ0v) is 26.8. The number of hydrogen-bond acceptors (Lipinski definition) is 9. The lowest BCUT2D eigenvalue weighted by molar-refractivity contribution is -0.154. The molecule has 2 atom stereocenters. The molecule has 48 heavy (non-hydrogen) atoms. The first kappa shape index (κ1) is 33.2. The van der Waals surface area contributed by atoms with Crippen molar-refractivity contribution in [2.45, 2.75) is 37.6 Å². The van der Waals surface area contributed by atoms with Gasteiger partial charge in [-0.05, 0) is 18.1 Å². The molecule has 0 saturated carbocycles. The van der Waals surface area contributed by atoms with Crippen molar-refractivity contribution < 1.29 is 32.2 Å². The molecule has 2 saturated heterocycles. The van der Waals surface area contributed by atoms with Gasteiger partial charge in [0.1, 0.15) is 5.69 Å². The van der Waals surface area contributed by atoms with Gasteiger partial charge in [0.25, 0.3) is 5.91 Å². The molecule has 11 nitrogen and oxygen atoms in total. The SMILES string of the molecule is CCOc1nc(OC)c(CN2C[C@@H]3CN(C(=O)c4cnc[nH]4)CCN3[C@H](C(c3ccccc3)c3ccccc3)C2)c(OCC(F)(F)F)n1. The van der Waals surface area contributed by atoms with E-state index in [1.54, 1.807) is 6.92 Å². The number of H-pyrrole nitrogens is 1. The third-order valence-corrected chi connectivity index (χ3v) is 8.72. The number of carbonyl (C=O) groups excluding carboxylic acids is 1. The molecule has 1 N–H and O–H groups in total. The molecule has 2 fully saturated rings. The Morgan fingerprint density at radius 1 is 0.958 bits per heavy atom. The summed E-state index contributed by atoms with van der Waals surface area (Å²) in [5.41, 5.74) is 2.99. The molecular formula is C34H38F3N7O4. The molecule has 2 aromatic heterocycles. The molecule has 1 amide bonds. The van der Waals surface area contributed by atoms with E-state index in [1.807, 2.05) is 41.3 Å². The number of fused-ring (bicyclic) bond motifs is 1.